The SMILES string of the molecule is CCCn1cc(CN2C(C(=O)O)CC3CCCCC32)cn1. The average Bonchev–Trinajstić information content (AvgIpc) is 3.05. The molecule has 3 atom stereocenters. The van der Waals surface area contributed by atoms with Crippen LogP contribution in [0.1, 0.15) is 51.0 Å². The predicted octanol–water partition coefficient (Wildman–Crippen LogP) is 2.51. The van der Waals surface area contributed by atoms with Gasteiger partial charge in [0.1, 0.15) is 6.04 Å². The Morgan fingerprint density at radius 1 is 1.43 bits per heavy atom. The summed E-state index contributed by atoms with van der Waals surface area (Å²) in [6, 6.07) is 0.141. The first-order valence-corrected chi connectivity index (χ1v) is 8.19. The van der Waals surface area contributed by atoms with Gasteiger partial charge in [-0.1, -0.05) is 19.8 Å². The Labute approximate surface area is 125 Å². The van der Waals surface area contributed by atoms with Crippen LogP contribution < -0.4 is 0 Å². The topological polar surface area (TPSA) is 58.4 Å². The predicted molar refractivity (Wildman–Crippen MR) is 79.8 cm³/mol. The summed E-state index contributed by atoms with van der Waals surface area (Å²) in [6.45, 7) is 3.78. The third-order valence-corrected chi connectivity index (χ3v) is 5.01. The largest absolute Gasteiger partial charge is 0.480 e. The van der Waals surface area contributed by atoms with E-state index in [9.17, 15) is 9.90 Å². The molecule has 116 valence electrons. The van der Waals surface area contributed by atoms with Gasteiger partial charge in [0.25, 0.3) is 0 Å². The fourth-order valence-electron chi connectivity index (χ4n) is 4.07. The molecular weight excluding hydrogens is 266 g/mol. The van der Waals surface area contributed by atoms with Crippen LogP contribution in [0.25, 0.3) is 0 Å². The Morgan fingerprint density at radius 3 is 3.00 bits per heavy atom. The van der Waals surface area contributed by atoms with Crippen LogP contribution in [-0.2, 0) is 17.9 Å². The lowest BCUT2D eigenvalue weighted by Crippen LogP contribution is -2.41. The lowest BCUT2D eigenvalue weighted by molar-refractivity contribution is -0.142. The van der Waals surface area contributed by atoms with Gasteiger partial charge < -0.3 is 5.11 Å². The van der Waals surface area contributed by atoms with Crippen LogP contribution >= 0.6 is 0 Å². The number of fused-ring (bicyclic) bond motifs is 1. The quantitative estimate of drug-likeness (QED) is 0.905. The standard InChI is InChI=1S/C16H25N3O2/c1-2-7-18-10-12(9-17-18)11-19-14-6-4-3-5-13(14)8-15(19)16(20)21/h9-10,13-15H,2-8,11H2,1H3,(H,20,21). The minimum Gasteiger partial charge on any atom is -0.480 e. The van der Waals surface area contributed by atoms with E-state index in [1.54, 1.807) is 0 Å². The van der Waals surface area contributed by atoms with Crippen molar-refractivity contribution in [3.63, 3.8) is 0 Å². The Morgan fingerprint density at radius 2 is 2.24 bits per heavy atom. The number of aromatic nitrogens is 2. The van der Waals surface area contributed by atoms with Crippen molar-refractivity contribution in [2.75, 3.05) is 0 Å². The fraction of sp³-hybridized carbons (Fsp3) is 0.750. The number of likely N-dealkylation sites (tertiary alicyclic amines) is 1. The second kappa shape index (κ2) is 6.18. The second-order valence-electron chi connectivity index (χ2n) is 6.49. The summed E-state index contributed by atoms with van der Waals surface area (Å²) >= 11 is 0. The minimum atomic E-state index is -0.662. The summed E-state index contributed by atoms with van der Waals surface area (Å²) < 4.78 is 1.96. The van der Waals surface area contributed by atoms with Crippen molar-refractivity contribution in [2.24, 2.45) is 5.92 Å². The molecule has 1 saturated heterocycles. The molecule has 5 heteroatoms. The number of aryl methyl sites for hydroxylation is 1. The number of nitrogens with zero attached hydrogens (tertiary/aromatic N) is 3. The molecule has 2 fully saturated rings. The molecule has 1 saturated carbocycles. The highest BCUT2D eigenvalue weighted by molar-refractivity contribution is 5.74. The van der Waals surface area contributed by atoms with Gasteiger partial charge in [-0.3, -0.25) is 14.4 Å². The molecule has 1 aliphatic carbocycles. The minimum absolute atomic E-state index is 0.312. The normalized spacial score (nSPS) is 29.5. The fourth-order valence-corrected chi connectivity index (χ4v) is 4.07. The van der Waals surface area contributed by atoms with E-state index in [1.165, 1.54) is 19.3 Å². The molecule has 0 spiro atoms. The monoisotopic (exact) mass is 291 g/mol. The second-order valence-corrected chi connectivity index (χ2v) is 6.49. The van der Waals surface area contributed by atoms with Gasteiger partial charge in [0.05, 0.1) is 6.20 Å². The lowest BCUT2D eigenvalue weighted by Gasteiger charge is -2.32. The van der Waals surface area contributed by atoms with E-state index in [4.69, 9.17) is 0 Å². The molecule has 0 radical (unpaired) electrons. The highest BCUT2D eigenvalue weighted by Gasteiger charge is 2.45. The van der Waals surface area contributed by atoms with Crippen molar-refractivity contribution in [3.8, 4) is 0 Å². The Kier molecular flexibility index (Phi) is 4.29. The number of aliphatic carboxylic acids is 1. The van der Waals surface area contributed by atoms with E-state index >= 15 is 0 Å². The molecule has 21 heavy (non-hydrogen) atoms. The van der Waals surface area contributed by atoms with Crippen molar-refractivity contribution < 1.29 is 9.90 Å². The summed E-state index contributed by atoms with van der Waals surface area (Å²) in [7, 11) is 0. The zero-order chi connectivity index (χ0) is 14.8. The maximum Gasteiger partial charge on any atom is 0.320 e. The van der Waals surface area contributed by atoms with Crippen molar-refractivity contribution in [2.45, 2.75) is 70.6 Å². The summed E-state index contributed by atoms with van der Waals surface area (Å²) in [6.07, 6.45) is 10.7. The molecule has 2 heterocycles. The van der Waals surface area contributed by atoms with Crippen molar-refractivity contribution in [1.82, 2.24) is 14.7 Å². The molecule has 2 aliphatic rings. The Bertz CT molecular complexity index is 499. The molecular formula is C16H25N3O2. The molecule has 1 aliphatic heterocycles. The number of rotatable bonds is 5. The zero-order valence-corrected chi connectivity index (χ0v) is 12.7. The van der Waals surface area contributed by atoms with E-state index in [1.807, 2.05) is 10.9 Å². The van der Waals surface area contributed by atoms with E-state index in [-0.39, 0.29) is 6.04 Å². The van der Waals surface area contributed by atoms with Crippen LogP contribution in [0.2, 0.25) is 0 Å². The molecule has 1 N–H and O–H groups in total. The van der Waals surface area contributed by atoms with Gasteiger partial charge in [0.15, 0.2) is 0 Å². The van der Waals surface area contributed by atoms with Crippen LogP contribution in [-0.4, -0.2) is 37.8 Å². The van der Waals surface area contributed by atoms with Gasteiger partial charge in [0.2, 0.25) is 0 Å². The molecule has 5 nitrogen and oxygen atoms in total. The van der Waals surface area contributed by atoms with Crippen LogP contribution in [0.3, 0.4) is 0 Å². The van der Waals surface area contributed by atoms with Gasteiger partial charge >= 0.3 is 5.97 Å². The van der Waals surface area contributed by atoms with Gasteiger partial charge in [0, 0.05) is 30.9 Å². The summed E-state index contributed by atoms with van der Waals surface area (Å²) in [4.78, 5) is 13.8. The summed E-state index contributed by atoms with van der Waals surface area (Å²) in [5.74, 6) is -0.0871. The molecule has 0 bridgehead atoms. The lowest BCUT2D eigenvalue weighted by atomic mass is 9.85. The molecule has 1 aromatic rings. The van der Waals surface area contributed by atoms with Crippen LogP contribution in [0.4, 0.5) is 0 Å². The highest BCUT2D eigenvalue weighted by atomic mass is 16.4. The van der Waals surface area contributed by atoms with E-state index in [0.29, 0.717) is 12.0 Å². The number of hydrogen-bond acceptors (Lipinski definition) is 3. The first-order valence-electron chi connectivity index (χ1n) is 8.19. The van der Waals surface area contributed by atoms with E-state index in [0.717, 1.165) is 37.9 Å². The highest BCUT2D eigenvalue weighted by Crippen LogP contribution is 2.40. The third kappa shape index (κ3) is 2.98. The first kappa shape index (κ1) is 14.6. The molecule has 3 rings (SSSR count). The number of carboxylic acids is 1. The number of hydrogen-bond donors (Lipinski definition) is 1. The third-order valence-electron chi connectivity index (χ3n) is 5.01. The van der Waals surface area contributed by atoms with Crippen molar-refractivity contribution >= 4 is 5.97 Å². The van der Waals surface area contributed by atoms with Crippen LogP contribution in [0, 0.1) is 5.92 Å². The Balaban J connectivity index is 1.74. The van der Waals surface area contributed by atoms with Crippen molar-refractivity contribution in [3.05, 3.63) is 18.0 Å². The van der Waals surface area contributed by atoms with Gasteiger partial charge in [-0.25, -0.2) is 0 Å². The molecule has 3 unspecified atom stereocenters. The van der Waals surface area contributed by atoms with Gasteiger partial charge in [-0.05, 0) is 31.6 Å². The molecule has 0 amide bonds. The maximum atomic E-state index is 11.6. The number of carboxylic acid groups (broad SMARTS) is 1. The maximum absolute atomic E-state index is 11.6. The van der Waals surface area contributed by atoms with Crippen LogP contribution in [0.15, 0.2) is 12.4 Å². The van der Waals surface area contributed by atoms with Crippen LogP contribution in [0.5, 0.6) is 0 Å². The Hall–Kier alpha value is -1.36. The van der Waals surface area contributed by atoms with E-state index in [2.05, 4.69) is 23.1 Å². The van der Waals surface area contributed by atoms with Gasteiger partial charge in [-0.2, -0.15) is 5.10 Å². The van der Waals surface area contributed by atoms with Crippen molar-refractivity contribution in [1.29, 1.82) is 0 Å². The number of carbonyl (C=O) groups is 1. The average molecular weight is 291 g/mol. The summed E-state index contributed by atoms with van der Waals surface area (Å²) in [5, 5.41) is 13.9. The zero-order valence-electron chi connectivity index (χ0n) is 12.7. The first-order chi connectivity index (χ1) is 10.2. The summed E-state index contributed by atoms with van der Waals surface area (Å²) in [5.41, 5.74) is 1.14. The van der Waals surface area contributed by atoms with Gasteiger partial charge in [-0.15, -0.1) is 0 Å². The molecule has 1 aromatic heterocycles. The molecule has 0 aromatic carbocycles. The van der Waals surface area contributed by atoms with E-state index < -0.39 is 5.97 Å². The smallest absolute Gasteiger partial charge is 0.320 e.